The number of hydrogen-bond donors (Lipinski definition) is 1. The molecule has 0 saturated heterocycles. The van der Waals surface area contributed by atoms with E-state index in [2.05, 4.69) is 15.2 Å². The molecule has 10 heteroatoms. The number of nitrogens with one attached hydrogen (secondary N) is 1. The van der Waals surface area contributed by atoms with Crippen molar-refractivity contribution in [2.45, 2.75) is 26.3 Å². The van der Waals surface area contributed by atoms with Gasteiger partial charge >= 0.3 is 6.18 Å². The summed E-state index contributed by atoms with van der Waals surface area (Å²) in [6.07, 6.45) is -4.37. The number of nitrogens with zero attached hydrogens (tertiary/aromatic N) is 2. The average Bonchev–Trinajstić information content (AvgIpc) is 3.01. The highest BCUT2D eigenvalue weighted by atomic mass is 35.5. The predicted molar refractivity (Wildman–Crippen MR) is 107 cm³/mol. The van der Waals surface area contributed by atoms with Crippen LogP contribution in [-0.4, -0.2) is 28.5 Å². The van der Waals surface area contributed by atoms with Crippen molar-refractivity contribution in [1.82, 2.24) is 15.1 Å². The minimum absolute atomic E-state index is 0.0961. The molecule has 3 rings (SSSR count). The molecule has 0 aliphatic heterocycles. The zero-order chi connectivity index (χ0) is 22.6. The van der Waals surface area contributed by atoms with Crippen molar-refractivity contribution < 1.29 is 27.1 Å². The number of amides is 1. The monoisotopic (exact) mass is 455 g/mol. The molecule has 1 amide bonds. The minimum Gasteiger partial charge on any atom is -0.367 e. The molecule has 31 heavy (non-hydrogen) atoms. The second-order valence-corrected chi connectivity index (χ2v) is 7.10. The Morgan fingerprint density at radius 2 is 1.71 bits per heavy atom. The molecule has 164 valence electrons. The minimum atomic E-state index is -4.37. The lowest BCUT2D eigenvalue weighted by atomic mass is 10.1. The van der Waals surface area contributed by atoms with Crippen molar-refractivity contribution in [2.24, 2.45) is 0 Å². The largest absolute Gasteiger partial charge is 0.411 e. The summed E-state index contributed by atoms with van der Waals surface area (Å²) >= 11 is 6.33. The Hall–Kier alpha value is -2.91. The smallest absolute Gasteiger partial charge is 0.367 e. The Labute approximate surface area is 180 Å². The number of rotatable bonds is 7. The number of alkyl halides is 3. The molecule has 0 bridgehead atoms. The van der Waals surface area contributed by atoms with Crippen LogP contribution in [0.4, 0.5) is 17.6 Å². The van der Waals surface area contributed by atoms with Gasteiger partial charge in [0.15, 0.2) is 0 Å². The van der Waals surface area contributed by atoms with E-state index >= 15 is 0 Å². The third-order valence-corrected chi connectivity index (χ3v) is 4.66. The number of ether oxygens (including phenoxy) is 1. The zero-order valence-corrected chi connectivity index (χ0v) is 17.1. The maximum atomic E-state index is 13.1. The molecule has 0 aliphatic carbocycles. The first-order valence-corrected chi connectivity index (χ1v) is 9.53. The maximum absolute atomic E-state index is 13.1. The quantitative estimate of drug-likeness (QED) is 0.511. The van der Waals surface area contributed by atoms with Crippen molar-refractivity contribution in [3.05, 3.63) is 81.9 Å². The van der Waals surface area contributed by atoms with Gasteiger partial charge in [0, 0.05) is 6.54 Å². The van der Waals surface area contributed by atoms with E-state index in [9.17, 15) is 22.4 Å². The molecule has 1 N–H and O–H groups in total. The molecule has 2 aromatic carbocycles. The van der Waals surface area contributed by atoms with E-state index in [0.29, 0.717) is 16.9 Å². The fourth-order valence-electron chi connectivity index (χ4n) is 2.82. The van der Waals surface area contributed by atoms with Crippen LogP contribution in [0.3, 0.4) is 0 Å². The van der Waals surface area contributed by atoms with Crippen LogP contribution in [0, 0.1) is 12.7 Å². The van der Waals surface area contributed by atoms with Crippen LogP contribution < -0.4 is 5.32 Å². The van der Waals surface area contributed by atoms with E-state index in [4.69, 9.17) is 11.6 Å². The second-order valence-electron chi connectivity index (χ2n) is 6.75. The topological polar surface area (TPSA) is 56.2 Å². The maximum Gasteiger partial charge on any atom is 0.411 e. The number of aromatic nitrogens is 2. The average molecular weight is 456 g/mol. The Kier molecular flexibility index (Phi) is 6.97. The molecule has 0 fully saturated rings. The van der Waals surface area contributed by atoms with Gasteiger partial charge in [0.25, 0.3) is 5.91 Å². The van der Waals surface area contributed by atoms with Crippen LogP contribution in [0.25, 0.3) is 5.69 Å². The van der Waals surface area contributed by atoms with Crippen molar-refractivity contribution in [1.29, 1.82) is 0 Å². The van der Waals surface area contributed by atoms with Crippen molar-refractivity contribution in [3.63, 3.8) is 0 Å². The predicted octanol–water partition coefficient (Wildman–Crippen LogP) is 4.98. The van der Waals surface area contributed by atoms with E-state index in [1.165, 1.54) is 28.9 Å². The number of carbonyl (C=O) groups excluding carboxylic acids is 1. The standard InChI is InChI=1S/C21H18ClF4N3O2/c1-13-18(19(22)29(28-13)17-8-6-16(23)7-9-17)20(30)27-10-14-2-4-15(5-3-14)11-31-12-21(24,25)26/h2-9H,10-12H2,1H3,(H,27,30). The Bertz CT molecular complexity index is 1050. The molecule has 3 aromatic rings. The highest BCUT2D eigenvalue weighted by Crippen LogP contribution is 2.24. The number of carbonyl (C=O) groups is 1. The summed E-state index contributed by atoms with van der Waals surface area (Å²) in [6, 6.07) is 12.1. The van der Waals surface area contributed by atoms with Crippen LogP contribution in [0.5, 0.6) is 0 Å². The van der Waals surface area contributed by atoms with Crippen LogP contribution >= 0.6 is 11.6 Å². The number of benzene rings is 2. The van der Waals surface area contributed by atoms with Crippen LogP contribution in [0.2, 0.25) is 5.15 Å². The highest BCUT2D eigenvalue weighted by molar-refractivity contribution is 6.33. The molecular formula is C21H18ClF4N3O2. The van der Waals surface area contributed by atoms with Gasteiger partial charge in [-0.3, -0.25) is 4.79 Å². The molecule has 0 atom stereocenters. The van der Waals surface area contributed by atoms with Gasteiger partial charge in [-0.2, -0.15) is 18.3 Å². The zero-order valence-electron chi connectivity index (χ0n) is 16.3. The fraction of sp³-hybridized carbons (Fsp3) is 0.238. The molecular weight excluding hydrogens is 438 g/mol. The summed E-state index contributed by atoms with van der Waals surface area (Å²) in [5.41, 5.74) is 2.44. The van der Waals surface area contributed by atoms with Gasteiger partial charge < -0.3 is 10.1 Å². The molecule has 0 spiro atoms. The summed E-state index contributed by atoms with van der Waals surface area (Å²) in [5.74, 6) is -0.840. The van der Waals surface area contributed by atoms with Crippen molar-refractivity contribution in [3.8, 4) is 5.69 Å². The van der Waals surface area contributed by atoms with Crippen molar-refractivity contribution in [2.75, 3.05) is 6.61 Å². The molecule has 0 aliphatic rings. The van der Waals surface area contributed by atoms with Gasteiger partial charge in [0.1, 0.15) is 17.6 Å². The first kappa shape index (κ1) is 22.8. The van der Waals surface area contributed by atoms with Crippen LogP contribution in [-0.2, 0) is 17.9 Å². The van der Waals surface area contributed by atoms with E-state index in [-0.39, 0.29) is 23.9 Å². The third-order valence-electron chi connectivity index (χ3n) is 4.31. The highest BCUT2D eigenvalue weighted by Gasteiger charge is 2.27. The van der Waals surface area contributed by atoms with Crippen LogP contribution in [0.15, 0.2) is 48.5 Å². The van der Waals surface area contributed by atoms with Gasteiger partial charge in [-0.15, -0.1) is 0 Å². The molecule has 0 saturated carbocycles. The first-order chi connectivity index (χ1) is 14.6. The van der Waals surface area contributed by atoms with Crippen molar-refractivity contribution >= 4 is 17.5 Å². The summed E-state index contributed by atoms with van der Waals surface area (Å²) in [4.78, 5) is 12.6. The van der Waals surface area contributed by atoms with Gasteiger partial charge in [-0.25, -0.2) is 9.07 Å². The Morgan fingerprint density at radius 3 is 2.32 bits per heavy atom. The van der Waals surface area contributed by atoms with E-state index in [0.717, 1.165) is 5.56 Å². The molecule has 0 unspecified atom stereocenters. The van der Waals surface area contributed by atoms with Crippen LogP contribution in [0.1, 0.15) is 27.2 Å². The summed E-state index contributed by atoms with van der Waals surface area (Å²) in [7, 11) is 0. The second kappa shape index (κ2) is 9.49. The number of aryl methyl sites for hydroxylation is 1. The molecule has 0 radical (unpaired) electrons. The summed E-state index contributed by atoms with van der Waals surface area (Å²) in [5, 5.41) is 7.08. The fourth-order valence-corrected chi connectivity index (χ4v) is 3.18. The van der Waals surface area contributed by atoms with E-state index in [1.54, 1.807) is 31.2 Å². The molecule has 5 nitrogen and oxygen atoms in total. The normalized spacial score (nSPS) is 11.5. The Balaban J connectivity index is 1.61. The number of halogens is 5. The van der Waals surface area contributed by atoms with E-state index < -0.39 is 24.5 Å². The van der Waals surface area contributed by atoms with E-state index in [1.807, 2.05) is 0 Å². The van der Waals surface area contributed by atoms with Gasteiger partial charge in [-0.1, -0.05) is 35.9 Å². The van der Waals surface area contributed by atoms with Gasteiger partial charge in [-0.05, 0) is 42.3 Å². The lowest BCUT2D eigenvalue weighted by Crippen LogP contribution is -2.23. The summed E-state index contributed by atoms with van der Waals surface area (Å²) in [6.45, 7) is 0.344. The van der Waals surface area contributed by atoms with Gasteiger partial charge in [0.05, 0.1) is 23.6 Å². The third kappa shape index (κ3) is 6.05. The molecule has 1 aromatic heterocycles. The number of hydrogen-bond acceptors (Lipinski definition) is 3. The lowest BCUT2D eigenvalue weighted by Gasteiger charge is -2.09. The molecule has 1 heterocycles. The van der Waals surface area contributed by atoms with Gasteiger partial charge in [0.2, 0.25) is 0 Å². The summed E-state index contributed by atoms with van der Waals surface area (Å²) < 4.78 is 55.4. The lowest BCUT2D eigenvalue weighted by molar-refractivity contribution is -0.176. The SMILES string of the molecule is Cc1nn(-c2ccc(F)cc2)c(Cl)c1C(=O)NCc1ccc(COCC(F)(F)F)cc1. The first-order valence-electron chi connectivity index (χ1n) is 9.15. The Morgan fingerprint density at radius 1 is 1.10 bits per heavy atom.